The summed E-state index contributed by atoms with van der Waals surface area (Å²) in [6, 6.07) is 5.65. The van der Waals surface area contributed by atoms with Crippen molar-refractivity contribution < 1.29 is 9.90 Å². The third kappa shape index (κ3) is 2.63. The van der Waals surface area contributed by atoms with E-state index in [2.05, 4.69) is 9.80 Å². The molecule has 2 aliphatic heterocycles. The van der Waals surface area contributed by atoms with E-state index in [1.165, 1.54) is 19.4 Å². The van der Waals surface area contributed by atoms with Gasteiger partial charge in [0, 0.05) is 25.7 Å². The van der Waals surface area contributed by atoms with Gasteiger partial charge >= 0.3 is 5.97 Å². The first kappa shape index (κ1) is 13.7. The van der Waals surface area contributed by atoms with Crippen LogP contribution in [0.3, 0.4) is 0 Å². The number of anilines is 1. The van der Waals surface area contributed by atoms with Gasteiger partial charge in [-0.1, -0.05) is 11.6 Å². The number of carboxylic acids is 1. The molecule has 0 spiro atoms. The van der Waals surface area contributed by atoms with Gasteiger partial charge in [-0.15, -0.1) is 0 Å². The van der Waals surface area contributed by atoms with Crippen LogP contribution in [0.4, 0.5) is 5.69 Å². The van der Waals surface area contributed by atoms with Crippen LogP contribution < -0.4 is 4.90 Å². The average Bonchev–Trinajstić information content (AvgIpc) is 2.76. The van der Waals surface area contributed by atoms with Crippen LogP contribution in [0.5, 0.6) is 0 Å². The van der Waals surface area contributed by atoms with Gasteiger partial charge in [0.05, 0.1) is 16.3 Å². The van der Waals surface area contributed by atoms with Crippen molar-refractivity contribution in [3.8, 4) is 0 Å². The molecule has 1 atom stereocenters. The Morgan fingerprint density at radius 1 is 1.25 bits per heavy atom. The summed E-state index contributed by atoms with van der Waals surface area (Å²) in [7, 11) is 0. The van der Waals surface area contributed by atoms with Crippen molar-refractivity contribution in [2.24, 2.45) is 0 Å². The van der Waals surface area contributed by atoms with Gasteiger partial charge in [-0.3, -0.25) is 4.90 Å². The van der Waals surface area contributed by atoms with Crippen LogP contribution in [0.25, 0.3) is 0 Å². The number of halogens is 1. The molecule has 2 fully saturated rings. The molecule has 0 amide bonds. The van der Waals surface area contributed by atoms with Crippen LogP contribution in [0.15, 0.2) is 18.2 Å². The highest BCUT2D eigenvalue weighted by molar-refractivity contribution is 6.33. The Labute approximate surface area is 123 Å². The number of hydrogen-bond acceptors (Lipinski definition) is 3. The Balaban J connectivity index is 1.82. The molecule has 108 valence electrons. The van der Waals surface area contributed by atoms with E-state index in [0.29, 0.717) is 11.1 Å². The largest absolute Gasteiger partial charge is 0.478 e. The third-order valence-electron chi connectivity index (χ3n) is 4.34. The molecule has 0 radical (unpaired) electrons. The molecule has 2 saturated heterocycles. The number of carboxylic acid groups (broad SMARTS) is 1. The summed E-state index contributed by atoms with van der Waals surface area (Å²) in [5.41, 5.74) is 1.21. The minimum atomic E-state index is -0.934. The topological polar surface area (TPSA) is 43.8 Å². The van der Waals surface area contributed by atoms with Gasteiger partial charge in [0.25, 0.3) is 0 Å². The minimum absolute atomic E-state index is 0.246. The molecule has 0 aromatic heterocycles. The highest BCUT2D eigenvalue weighted by Crippen LogP contribution is 2.30. The van der Waals surface area contributed by atoms with E-state index in [1.807, 2.05) is 6.07 Å². The Hall–Kier alpha value is -1.26. The smallest absolute Gasteiger partial charge is 0.335 e. The summed E-state index contributed by atoms with van der Waals surface area (Å²) in [4.78, 5) is 15.8. The molecule has 4 nitrogen and oxygen atoms in total. The van der Waals surface area contributed by atoms with Crippen molar-refractivity contribution in [1.82, 2.24) is 4.90 Å². The molecule has 0 saturated carbocycles. The zero-order chi connectivity index (χ0) is 14.1. The zero-order valence-corrected chi connectivity index (χ0v) is 12.1. The number of benzene rings is 1. The second kappa shape index (κ2) is 5.62. The van der Waals surface area contributed by atoms with Gasteiger partial charge < -0.3 is 10.0 Å². The second-order valence-electron chi connectivity index (χ2n) is 5.60. The van der Waals surface area contributed by atoms with Gasteiger partial charge in [0.1, 0.15) is 0 Å². The number of fused-ring (bicyclic) bond motifs is 1. The number of hydrogen-bond donors (Lipinski definition) is 1. The van der Waals surface area contributed by atoms with Gasteiger partial charge in [-0.25, -0.2) is 4.79 Å². The van der Waals surface area contributed by atoms with Crippen molar-refractivity contribution in [3.05, 3.63) is 28.8 Å². The fourth-order valence-corrected chi connectivity index (χ4v) is 3.62. The Bertz CT molecular complexity index is 521. The van der Waals surface area contributed by atoms with Gasteiger partial charge in [-0.2, -0.15) is 0 Å². The normalized spacial score (nSPS) is 23.4. The molecular weight excluding hydrogens is 276 g/mol. The van der Waals surface area contributed by atoms with Crippen molar-refractivity contribution in [2.45, 2.75) is 25.3 Å². The second-order valence-corrected chi connectivity index (χ2v) is 6.01. The summed E-state index contributed by atoms with van der Waals surface area (Å²) in [5.74, 6) is -0.934. The first-order valence-electron chi connectivity index (χ1n) is 7.17. The van der Waals surface area contributed by atoms with Crippen LogP contribution in [-0.4, -0.2) is 48.2 Å². The number of rotatable bonds is 2. The maximum absolute atomic E-state index is 11.0. The predicted octanol–water partition coefficient (Wildman–Crippen LogP) is 2.71. The van der Waals surface area contributed by atoms with Crippen LogP contribution >= 0.6 is 11.6 Å². The summed E-state index contributed by atoms with van der Waals surface area (Å²) < 4.78 is 0. The third-order valence-corrected chi connectivity index (χ3v) is 4.64. The fraction of sp³-hybridized carbons (Fsp3) is 0.533. The summed E-state index contributed by atoms with van der Waals surface area (Å²) in [6.45, 7) is 4.35. The molecular formula is C15H19ClN2O2. The van der Waals surface area contributed by atoms with E-state index in [4.69, 9.17) is 16.7 Å². The molecule has 1 aromatic carbocycles. The number of carbonyl (C=O) groups is 1. The Morgan fingerprint density at radius 3 is 2.80 bits per heavy atom. The molecule has 3 rings (SSSR count). The van der Waals surface area contributed by atoms with E-state index in [1.54, 1.807) is 12.1 Å². The summed E-state index contributed by atoms with van der Waals surface area (Å²) >= 11 is 6.28. The lowest BCUT2D eigenvalue weighted by Gasteiger charge is -2.28. The average molecular weight is 295 g/mol. The van der Waals surface area contributed by atoms with Gasteiger partial charge in [-0.05, 0) is 44.0 Å². The molecule has 2 heterocycles. The van der Waals surface area contributed by atoms with E-state index in [0.717, 1.165) is 31.7 Å². The maximum Gasteiger partial charge on any atom is 0.335 e. The molecule has 1 unspecified atom stereocenters. The lowest BCUT2D eigenvalue weighted by atomic mass is 10.1. The van der Waals surface area contributed by atoms with Gasteiger partial charge in [0.15, 0.2) is 0 Å². The summed E-state index contributed by atoms with van der Waals surface area (Å²) in [6.07, 6.45) is 3.67. The zero-order valence-electron chi connectivity index (χ0n) is 11.4. The van der Waals surface area contributed by atoms with Crippen LogP contribution in [0.1, 0.15) is 29.6 Å². The lowest BCUT2D eigenvalue weighted by molar-refractivity contribution is 0.0697. The highest BCUT2D eigenvalue weighted by atomic mass is 35.5. The lowest BCUT2D eigenvalue weighted by Crippen LogP contribution is -2.36. The standard InChI is InChI=1S/C15H19ClN2O2/c16-13-9-11(15(19)20)4-5-14(13)18-8-2-7-17-6-1-3-12(17)10-18/h4-5,9,12H,1-3,6-8,10H2,(H,19,20). The van der Waals surface area contributed by atoms with E-state index < -0.39 is 5.97 Å². The van der Waals surface area contributed by atoms with E-state index >= 15 is 0 Å². The SMILES string of the molecule is O=C(O)c1ccc(N2CCCN3CCCC3C2)c(Cl)c1. The fourth-order valence-electron chi connectivity index (χ4n) is 3.32. The maximum atomic E-state index is 11.0. The van der Waals surface area contributed by atoms with Crippen molar-refractivity contribution >= 4 is 23.3 Å². The first-order valence-corrected chi connectivity index (χ1v) is 7.55. The predicted molar refractivity (Wildman–Crippen MR) is 79.8 cm³/mol. The Kier molecular flexibility index (Phi) is 3.85. The molecule has 20 heavy (non-hydrogen) atoms. The van der Waals surface area contributed by atoms with Crippen LogP contribution in [0.2, 0.25) is 5.02 Å². The quantitative estimate of drug-likeness (QED) is 0.911. The Morgan fingerprint density at radius 2 is 2.05 bits per heavy atom. The molecule has 1 N–H and O–H groups in total. The molecule has 1 aromatic rings. The first-order chi connectivity index (χ1) is 9.65. The highest BCUT2D eigenvalue weighted by Gasteiger charge is 2.29. The van der Waals surface area contributed by atoms with E-state index in [-0.39, 0.29) is 5.56 Å². The number of nitrogens with zero attached hydrogens (tertiary/aromatic N) is 2. The number of aromatic carboxylic acids is 1. The minimum Gasteiger partial charge on any atom is -0.478 e. The molecule has 2 aliphatic rings. The molecule has 0 bridgehead atoms. The van der Waals surface area contributed by atoms with Crippen LogP contribution in [-0.2, 0) is 0 Å². The summed E-state index contributed by atoms with van der Waals surface area (Å²) in [5, 5.41) is 9.54. The van der Waals surface area contributed by atoms with Crippen LogP contribution in [0, 0.1) is 0 Å². The van der Waals surface area contributed by atoms with Gasteiger partial charge in [0.2, 0.25) is 0 Å². The molecule has 5 heteroatoms. The van der Waals surface area contributed by atoms with E-state index in [9.17, 15) is 4.79 Å². The monoisotopic (exact) mass is 294 g/mol. The van der Waals surface area contributed by atoms with Crippen molar-refractivity contribution in [2.75, 3.05) is 31.1 Å². The van der Waals surface area contributed by atoms with Crippen molar-refractivity contribution in [1.29, 1.82) is 0 Å². The van der Waals surface area contributed by atoms with Crippen molar-refractivity contribution in [3.63, 3.8) is 0 Å². The molecule has 0 aliphatic carbocycles.